The summed E-state index contributed by atoms with van der Waals surface area (Å²) in [4.78, 5) is 29.5. The first-order valence-corrected chi connectivity index (χ1v) is 12.1. The highest BCUT2D eigenvalue weighted by atomic mass is 19.4. The molecule has 200 valence electrons. The topological polar surface area (TPSA) is 71.1 Å². The van der Waals surface area contributed by atoms with Gasteiger partial charge in [-0.2, -0.15) is 0 Å². The van der Waals surface area contributed by atoms with Gasteiger partial charge in [0.15, 0.2) is 0 Å². The fraction of sp³-hybridized carbons (Fsp3) is 0.286. The van der Waals surface area contributed by atoms with Gasteiger partial charge in [0, 0.05) is 19.6 Å². The number of methoxy groups -OCH3 is 1. The molecule has 1 saturated heterocycles. The molecule has 1 heterocycles. The molecule has 1 fully saturated rings. The predicted octanol–water partition coefficient (Wildman–Crippen LogP) is 5.92. The summed E-state index contributed by atoms with van der Waals surface area (Å²) in [5.41, 5.74) is 3.27. The molecule has 0 bridgehead atoms. The number of rotatable bonds is 8. The minimum absolute atomic E-state index is 0.119. The fourth-order valence-corrected chi connectivity index (χ4v) is 4.36. The summed E-state index contributed by atoms with van der Waals surface area (Å²) in [5.74, 6) is 0.0739. The zero-order chi connectivity index (χ0) is 27.3. The van der Waals surface area contributed by atoms with Crippen molar-refractivity contribution >= 4 is 23.3 Å². The Morgan fingerprint density at radius 3 is 2.42 bits per heavy atom. The number of nitrogens with zero attached hydrogens (tertiary/aromatic N) is 2. The summed E-state index contributed by atoms with van der Waals surface area (Å²) < 4.78 is 47.1. The molecular weight excluding hydrogens is 499 g/mol. The average molecular weight is 528 g/mol. The van der Waals surface area contributed by atoms with Crippen molar-refractivity contribution in [3.8, 4) is 11.5 Å². The van der Waals surface area contributed by atoms with Crippen LogP contribution in [0.4, 0.5) is 29.3 Å². The highest BCUT2D eigenvalue weighted by molar-refractivity contribution is 6.01. The van der Waals surface area contributed by atoms with Gasteiger partial charge < -0.3 is 19.7 Å². The zero-order valence-electron chi connectivity index (χ0n) is 21.0. The smallest absolute Gasteiger partial charge is 0.497 e. The first-order valence-electron chi connectivity index (χ1n) is 12.1. The van der Waals surface area contributed by atoms with E-state index in [9.17, 15) is 22.8 Å². The minimum atomic E-state index is -4.80. The van der Waals surface area contributed by atoms with E-state index < -0.39 is 6.36 Å². The molecule has 38 heavy (non-hydrogen) atoms. The summed E-state index contributed by atoms with van der Waals surface area (Å²) >= 11 is 0. The maximum absolute atomic E-state index is 13.4. The van der Waals surface area contributed by atoms with Gasteiger partial charge in [0.05, 0.1) is 24.9 Å². The van der Waals surface area contributed by atoms with Crippen molar-refractivity contribution < 1.29 is 32.2 Å². The van der Waals surface area contributed by atoms with E-state index in [1.54, 1.807) is 41.2 Å². The van der Waals surface area contributed by atoms with E-state index in [1.807, 2.05) is 31.2 Å². The van der Waals surface area contributed by atoms with Crippen LogP contribution in [0.1, 0.15) is 23.1 Å². The normalized spacial score (nSPS) is 13.9. The van der Waals surface area contributed by atoms with Crippen LogP contribution in [-0.2, 0) is 17.8 Å². The van der Waals surface area contributed by atoms with E-state index in [4.69, 9.17) is 4.74 Å². The lowest BCUT2D eigenvalue weighted by Crippen LogP contribution is -2.49. The number of nitrogens with one attached hydrogen (secondary N) is 1. The van der Waals surface area contributed by atoms with Crippen LogP contribution in [0.5, 0.6) is 11.5 Å². The molecule has 0 aromatic heterocycles. The molecule has 3 amide bonds. The Bertz CT molecular complexity index is 1310. The minimum Gasteiger partial charge on any atom is -0.497 e. The van der Waals surface area contributed by atoms with Crippen molar-refractivity contribution in [3.63, 3.8) is 0 Å². The van der Waals surface area contributed by atoms with Gasteiger partial charge in [-0.15, -0.1) is 13.2 Å². The summed E-state index contributed by atoms with van der Waals surface area (Å²) in [5, 5.41) is 2.93. The number of alkyl halides is 3. The van der Waals surface area contributed by atoms with Crippen molar-refractivity contribution in [1.29, 1.82) is 0 Å². The summed E-state index contributed by atoms with van der Waals surface area (Å²) in [7, 11) is 1.56. The lowest BCUT2D eigenvalue weighted by molar-refractivity contribution is -0.274. The molecule has 0 radical (unpaired) electrons. The fourth-order valence-electron chi connectivity index (χ4n) is 4.36. The number of hydrogen-bond donors (Lipinski definition) is 1. The van der Waals surface area contributed by atoms with Gasteiger partial charge in [-0.3, -0.25) is 9.69 Å². The maximum Gasteiger partial charge on any atom is 0.573 e. The summed E-state index contributed by atoms with van der Waals surface area (Å²) in [6, 6.07) is 18.0. The molecule has 0 aliphatic carbocycles. The van der Waals surface area contributed by atoms with Crippen LogP contribution in [-0.4, -0.2) is 43.4 Å². The number of halogens is 3. The van der Waals surface area contributed by atoms with Crippen LogP contribution in [0, 0.1) is 6.92 Å². The number of carbonyl (C=O) groups excluding carboxylic acids is 2. The molecular formula is C28H28F3N3O4. The molecule has 0 atom stereocenters. The molecule has 0 unspecified atom stereocenters. The summed E-state index contributed by atoms with van der Waals surface area (Å²) in [6.45, 7) is 2.90. The Morgan fingerprint density at radius 1 is 0.974 bits per heavy atom. The number of ether oxygens (including phenoxy) is 2. The number of urea groups is 1. The zero-order valence-corrected chi connectivity index (χ0v) is 21.0. The summed E-state index contributed by atoms with van der Waals surface area (Å²) in [6.07, 6.45) is -4.02. The molecule has 3 aromatic rings. The Morgan fingerprint density at radius 2 is 1.68 bits per heavy atom. The van der Waals surface area contributed by atoms with E-state index in [2.05, 4.69) is 10.1 Å². The Labute approximate surface area is 218 Å². The number of benzene rings is 3. The number of carbonyl (C=O) groups is 2. The third kappa shape index (κ3) is 6.96. The van der Waals surface area contributed by atoms with Crippen LogP contribution >= 0.6 is 0 Å². The van der Waals surface area contributed by atoms with Crippen molar-refractivity contribution in [2.75, 3.05) is 30.4 Å². The van der Waals surface area contributed by atoms with Gasteiger partial charge >= 0.3 is 12.4 Å². The average Bonchev–Trinajstić information content (AvgIpc) is 2.85. The first-order chi connectivity index (χ1) is 18.1. The third-order valence-corrected chi connectivity index (χ3v) is 6.03. The van der Waals surface area contributed by atoms with E-state index in [1.165, 1.54) is 18.2 Å². The quantitative estimate of drug-likeness (QED) is 0.395. The lowest BCUT2D eigenvalue weighted by Gasteiger charge is -2.36. The van der Waals surface area contributed by atoms with Gasteiger partial charge in [0.1, 0.15) is 11.5 Å². The van der Waals surface area contributed by atoms with Crippen molar-refractivity contribution in [2.24, 2.45) is 0 Å². The lowest BCUT2D eigenvalue weighted by atomic mass is 10.1. The molecule has 1 aliphatic heterocycles. The van der Waals surface area contributed by atoms with Crippen molar-refractivity contribution in [1.82, 2.24) is 4.90 Å². The highest BCUT2D eigenvalue weighted by Crippen LogP contribution is 2.31. The first kappa shape index (κ1) is 26.8. The Balaban J connectivity index is 1.50. The second-order valence-corrected chi connectivity index (χ2v) is 9.00. The van der Waals surface area contributed by atoms with Gasteiger partial charge in [0.2, 0.25) is 5.91 Å². The number of amides is 3. The van der Waals surface area contributed by atoms with Crippen LogP contribution in [0.3, 0.4) is 0 Å². The molecule has 4 rings (SSSR count). The van der Waals surface area contributed by atoms with Crippen LogP contribution < -0.4 is 19.7 Å². The van der Waals surface area contributed by atoms with Crippen LogP contribution in [0.25, 0.3) is 0 Å². The predicted molar refractivity (Wildman–Crippen MR) is 137 cm³/mol. The van der Waals surface area contributed by atoms with Crippen LogP contribution in [0.2, 0.25) is 0 Å². The Hall–Kier alpha value is -4.21. The molecule has 0 saturated carbocycles. The second kappa shape index (κ2) is 11.5. The van der Waals surface area contributed by atoms with Gasteiger partial charge in [-0.25, -0.2) is 4.79 Å². The maximum atomic E-state index is 13.4. The molecule has 0 spiro atoms. The van der Waals surface area contributed by atoms with Gasteiger partial charge in [-0.05, 0) is 66.4 Å². The molecule has 3 aromatic carbocycles. The van der Waals surface area contributed by atoms with E-state index >= 15 is 0 Å². The molecule has 10 heteroatoms. The van der Waals surface area contributed by atoms with E-state index in [-0.39, 0.29) is 30.7 Å². The molecule has 1 aliphatic rings. The number of aryl methyl sites for hydroxylation is 1. The van der Waals surface area contributed by atoms with Gasteiger partial charge in [0.25, 0.3) is 0 Å². The standard InChI is InChI=1S/C28H28F3N3O4/c1-19-10-11-25(24(14-19)32-26(35)17-20-6-3-8-22(15-20)37-2)34-13-5-12-33(27(34)36)18-21-7-4-9-23(16-21)38-28(29,30)31/h3-4,6-11,14-16H,5,12-13,17-18H2,1-2H3,(H,32,35). The Kier molecular flexibility index (Phi) is 8.09. The second-order valence-electron chi connectivity index (χ2n) is 9.00. The van der Waals surface area contributed by atoms with E-state index in [0.717, 1.165) is 11.1 Å². The number of hydrogen-bond acceptors (Lipinski definition) is 4. The number of anilines is 2. The van der Waals surface area contributed by atoms with Crippen molar-refractivity contribution in [2.45, 2.75) is 32.7 Å². The van der Waals surface area contributed by atoms with Gasteiger partial charge in [-0.1, -0.05) is 30.3 Å². The highest BCUT2D eigenvalue weighted by Gasteiger charge is 2.32. The van der Waals surface area contributed by atoms with Crippen molar-refractivity contribution in [3.05, 3.63) is 83.4 Å². The van der Waals surface area contributed by atoms with E-state index in [0.29, 0.717) is 42.2 Å². The molecule has 7 nitrogen and oxygen atoms in total. The molecule has 1 N–H and O–H groups in total. The monoisotopic (exact) mass is 527 g/mol. The SMILES string of the molecule is COc1cccc(CC(=O)Nc2cc(C)ccc2N2CCCN(Cc3cccc(OC(F)(F)F)c3)C2=O)c1. The van der Waals surface area contributed by atoms with Crippen LogP contribution in [0.15, 0.2) is 66.7 Å². The third-order valence-electron chi connectivity index (χ3n) is 6.03. The largest absolute Gasteiger partial charge is 0.573 e.